The maximum atomic E-state index is 9.29. The molecular weight excluding hydrogens is 264 g/mol. The van der Waals surface area contributed by atoms with Crippen molar-refractivity contribution in [3.05, 3.63) is 55.0 Å². The molecule has 0 spiro atoms. The fraction of sp³-hybridized carbons (Fsp3) is 0.0667. The Hall–Kier alpha value is -3.20. The van der Waals surface area contributed by atoms with Gasteiger partial charge in [-0.15, -0.1) is 6.58 Å². The van der Waals surface area contributed by atoms with Crippen molar-refractivity contribution in [3.8, 4) is 11.9 Å². The molecule has 0 fully saturated rings. The van der Waals surface area contributed by atoms with Crippen LogP contribution in [-0.4, -0.2) is 26.1 Å². The zero-order chi connectivity index (χ0) is 14.7. The fourth-order valence-corrected chi connectivity index (χ4v) is 2.06. The Kier molecular flexibility index (Phi) is 3.31. The first-order valence-corrected chi connectivity index (χ1v) is 6.39. The summed E-state index contributed by atoms with van der Waals surface area (Å²) in [7, 11) is 0. The molecule has 3 rings (SSSR count). The van der Waals surface area contributed by atoms with Crippen molar-refractivity contribution in [2.45, 2.75) is 0 Å². The monoisotopic (exact) mass is 276 g/mol. The van der Waals surface area contributed by atoms with E-state index in [0.717, 1.165) is 11.0 Å². The van der Waals surface area contributed by atoms with Gasteiger partial charge in [0, 0.05) is 12.7 Å². The Morgan fingerprint density at radius 2 is 2.14 bits per heavy atom. The molecule has 0 atom stereocenters. The summed E-state index contributed by atoms with van der Waals surface area (Å²) in [6.07, 6.45) is 3.37. The molecule has 0 aliphatic heterocycles. The predicted octanol–water partition coefficient (Wildman–Crippen LogP) is 2.29. The van der Waals surface area contributed by atoms with Gasteiger partial charge < -0.3 is 5.32 Å². The third-order valence-electron chi connectivity index (χ3n) is 2.94. The number of nitrogens with one attached hydrogen (secondary N) is 1. The van der Waals surface area contributed by atoms with Crippen molar-refractivity contribution in [2.24, 2.45) is 0 Å². The Labute approximate surface area is 121 Å². The number of nitriles is 1. The van der Waals surface area contributed by atoms with Gasteiger partial charge in [0.15, 0.2) is 0 Å². The minimum atomic E-state index is 0.296. The average molecular weight is 276 g/mol. The van der Waals surface area contributed by atoms with E-state index in [2.05, 4.69) is 32.9 Å². The highest BCUT2D eigenvalue weighted by atomic mass is 15.2. The zero-order valence-electron chi connectivity index (χ0n) is 11.2. The van der Waals surface area contributed by atoms with Crippen LogP contribution in [0.15, 0.2) is 49.2 Å². The molecule has 6 nitrogen and oxygen atoms in total. The number of para-hydroxylation sites is 2. The van der Waals surface area contributed by atoms with E-state index in [4.69, 9.17) is 0 Å². The van der Waals surface area contributed by atoms with E-state index >= 15 is 0 Å². The highest BCUT2D eigenvalue weighted by Crippen LogP contribution is 2.20. The number of nitrogens with zero attached hydrogens (tertiary/aromatic N) is 5. The van der Waals surface area contributed by atoms with E-state index in [0.29, 0.717) is 24.1 Å². The highest BCUT2D eigenvalue weighted by Gasteiger charge is 2.13. The van der Waals surface area contributed by atoms with Crippen LogP contribution in [0.4, 0.5) is 5.95 Å². The van der Waals surface area contributed by atoms with Crippen LogP contribution in [0.3, 0.4) is 0 Å². The van der Waals surface area contributed by atoms with Crippen molar-refractivity contribution in [1.29, 1.82) is 5.26 Å². The van der Waals surface area contributed by atoms with Crippen LogP contribution in [0.2, 0.25) is 0 Å². The van der Waals surface area contributed by atoms with Crippen molar-refractivity contribution in [1.82, 2.24) is 19.5 Å². The number of hydrogen-bond acceptors (Lipinski definition) is 5. The number of rotatable bonds is 4. The minimum absolute atomic E-state index is 0.296. The molecule has 0 saturated heterocycles. The summed E-state index contributed by atoms with van der Waals surface area (Å²) in [5.74, 6) is 1.38. The van der Waals surface area contributed by atoms with E-state index in [1.165, 1.54) is 0 Å². The Morgan fingerprint density at radius 1 is 1.29 bits per heavy atom. The van der Waals surface area contributed by atoms with Gasteiger partial charge >= 0.3 is 0 Å². The van der Waals surface area contributed by atoms with E-state index in [1.54, 1.807) is 22.9 Å². The van der Waals surface area contributed by atoms with Crippen molar-refractivity contribution in [3.63, 3.8) is 0 Å². The van der Waals surface area contributed by atoms with Gasteiger partial charge in [-0.2, -0.15) is 10.2 Å². The molecule has 0 aliphatic rings. The van der Waals surface area contributed by atoms with Crippen molar-refractivity contribution >= 4 is 17.0 Å². The number of anilines is 1. The quantitative estimate of drug-likeness (QED) is 0.739. The first-order chi connectivity index (χ1) is 10.3. The molecule has 0 unspecified atom stereocenters. The molecule has 1 aromatic carbocycles. The van der Waals surface area contributed by atoms with Crippen LogP contribution < -0.4 is 5.32 Å². The van der Waals surface area contributed by atoms with E-state index in [1.807, 2.05) is 24.3 Å². The van der Waals surface area contributed by atoms with Crippen LogP contribution in [-0.2, 0) is 0 Å². The van der Waals surface area contributed by atoms with Crippen LogP contribution in [0, 0.1) is 11.3 Å². The van der Waals surface area contributed by atoms with Crippen molar-refractivity contribution < 1.29 is 0 Å². The van der Waals surface area contributed by atoms with E-state index in [9.17, 15) is 5.26 Å². The lowest BCUT2D eigenvalue weighted by Gasteiger charge is -2.07. The first-order valence-electron chi connectivity index (χ1n) is 6.39. The fourth-order valence-electron chi connectivity index (χ4n) is 2.06. The van der Waals surface area contributed by atoms with E-state index < -0.39 is 0 Å². The number of benzene rings is 1. The Balaban J connectivity index is 2.16. The van der Waals surface area contributed by atoms with Crippen molar-refractivity contribution in [2.75, 3.05) is 11.9 Å². The van der Waals surface area contributed by atoms with Crippen LogP contribution in [0.5, 0.6) is 0 Å². The molecule has 102 valence electrons. The normalized spacial score (nSPS) is 10.2. The molecule has 2 aromatic heterocycles. The summed E-state index contributed by atoms with van der Waals surface area (Å²) in [4.78, 5) is 12.9. The summed E-state index contributed by atoms with van der Waals surface area (Å²) in [6.45, 7) is 4.21. The van der Waals surface area contributed by atoms with Gasteiger partial charge in [-0.1, -0.05) is 18.2 Å². The molecule has 1 N–H and O–H groups in total. The lowest BCUT2D eigenvalue weighted by atomic mass is 10.3. The van der Waals surface area contributed by atoms with Gasteiger partial charge in [0.05, 0.1) is 11.0 Å². The molecule has 3 aromatic rings. The number of aromatic nitrogens is 4. The lowest BCUT2D eigenvalue weighted by Crippen LogP contribution is -2.07. The third-order valence-corrected chi connectivity index (χ3v) is 2.94. The molecule has 0 radical (unpaired) electrons. The topological polar surface area (TPSA) is 79.4 Å². The predicted molar refractivity (Wildman–Crippen MR) is 80.1 cm³/mol. The smallest absolute Gasteiger partial charge is 0.224 e. The van der Waals surface area contributed by atoms with Gasteiger partial charge in [0.2, 0.25) is 11.8 Å². The lowest BCUT2D eigenvalue weighted by molar-refractivity contribution is 0.970. The summed E-state index contributed by atoms with van der Waals surface area (Å²) in [6, 6.07) is 11.4. The van der Waals surface area contributed by atoms with Gasteiger partial charge in [0.25, 0.3) is 0 Å². The zero-order valence-corrected chi connectivity index (χ0v) is 11.2. The van der Waals surface area contributed by atoms with Crippen LogP contribution >= 0.6 is 0 Å². The third kappa shape index (κ3) is 2.32. The second-order valence-corrected chi connectivity index (χ2v) is 4.28. The Morgan fingerprint density at radius 3 is 2.95 bits per heavy atom. The second kappa shape index (κ2) is 5.43. The summed E-state index contributed by atoms with van der Waals surface area (Å²) in [5.41, 5.74) is 1.59. The molecule has 6 heteroatoms. The average Bonchev–Trinajstić information content (AvgIpc) is 2.91. The molecule has 0 bridgehead atoms. The summed E-state index contributed by atoms with van der Waals surface area (Å²) < 4.78 is 1.72. The highest BCUT2D eigenvalue weighted by molar-refractivity contribution is 5.78. The summed E-state index contributed by atoms with van der Waals surface area (Å²) >= 11 is 0. The standard InChI is InChI=1S/C15H12N6/c1-2-8-17-15-18-9-7-13(20-15)21-12-6-4-3-5-11(12)19-14(21)10-16/h2-7,9H,1,8H2,(H,17,18,20). The number of fused-ring (bicyclic) bond motifs is 1. The van der Waals surface area contributed by atoms with E-state index in [-0.39, 0.29) is 0 Å². The largest absolute Gasteiger partial charge is 0.351 e. The second-order valence-electron chi connectivity index (χ2n) is 4.28. The molecular formula is C15H12N6. The number of imidazole rings is 1. The SMILES string of the molecule is C=CCNc1nccc(-n2c(C#N)nc3ccccc32)n1. The van der Waals surface area contributed by atoms with Gasteiger partial charge in [-0.25, -0.2) is 9.97 Å². The van der Waals surface area contributed by atoms with Crippen LogP contribution in [0.1, 0.15) is 5.82 Å². The maximum absolute atomic E-state index is 9.29. The molecule has 0 aliphatic carbocycles. The molecule has 0 amide bonds. The number of hydrogen-bond donors (Lipinski definition) is 1. The maximum Gasteiger partial charge on any atom is 0.224 e. The minimum Gasteiger partial charge on any atom is -0.351 e. The van der Waals surface area contributed by atoms with Gasteiger partial charge in [-0.05, 0) is 18.2 Å². The van der Waals surface area contributed by atoms with Gasteiger partial charge in [-0.3, -0.25) is 4.57 Å². The van der Waals surface area contributed by atoms with Gasteiger partial charge in [0.1, 0.15) is 11.9 Å². The first kappa shape index (κ1) is 12.8. The van der Waals surface area contributed by atoms with Crippen LogP contribution in [0.25, 0.3) is 16.9 Å². The molecule has 21 heavy (non-hydrogen) atoms. The molecule has 2 heterocycles. The Bertz CT molecular complexity index is 843. The summed E-state index contributed by atoms with van der Waals surface area (Å²) in [5, 5.41) is 12.3. The molecule has 0 saturated carbocycles.